The number of hydrogen-bond acceptors (Lipinski definition) is 2. The maximum atomic E-state index is 2.40. The van der Waals surface area contributed by atoms with Crippen LogP contribution in [0.5, 0.6) is 0 Å². The molecule has 1 aliphatic carbocycles. The molecule has 0 spiro atoms. The van der Waals surface area contributed by atoms with E-state index in [1.165, 1.54) is 50.4 Å². The molecule has 0 atom stereocenters. The lowest BCUT2D eigenvalue weighted by atomic mass is 9.83. The van der Waals surface area contributed by atoms with Crippen molar-refractivity contribution < 1.29 is 0 Å². The highest BCUT2D eigenvalue weighted by atomic mass is 15.1. The van der Waals surface area contributed by atoms with Crippen LogP contribution in [0, 0.1) is 26.7 Å². The summed E-state index contributed by atoms with van der Waals surface area (Å²) in [6, 6.07) is 61.3. The molecule has 230 valence electrons. The minimum absolute atomic E-state index is 1.13. The van der Waals surface area contributed by atoms with Crippen LogP contribution in [0.3, 0.4) is 0 Å². The highest BCUT2D eigenvalue weighted by Crippen LogP contribution is 2.52. The molecule has 7 aromatic carbocycles. The number of hydrogen-bond donors (Lipinski definition) is 0. The number of para-hydroxylation sites is 4. The van der Waals surface area contributed by atoms with Gasteiger partial charge in [-0.05, 0) is 111 Å². The van der Waals surface area contributed by atoms with Gasteiger partial charge >= 0.3 is 0 Å². The molecule has 0 saturated carbocycles. The molecule has 0 saturated heterocycles. The van der Waals surface area contributed by atoms with Crippen LogP contribution >= 0.6 is 0 Å². The van der Waals surface area contributed by atoms with Crippen molar-refractivity contribution >= 4 is 34.1 Å². The quantitative estimate of drug-likeness (QED) is 0.164. The molecular formula is C46H37N2+. The van der Waals surface area contributed by atoms with Gasteiger partial charge in [-0.15, -0.1) is 0 Å². The average molecular weight is 618 g/mol. The van der Waals surface area contributed by atoms with Gasteiger partial charge in [-0.25, -0.2) is 0 Å². The van der Waals surface area contributed by atoms with Crippen LogP contribution in [0.25, 0.3) is 11.1 Å². The molecule has 0 unspecified atom stereocenters. The first kappa shape index (κ1) is 29.4. The molecule has 2 nitrogen and oxygen atoms in total. The van der Waals surface area contributed by atoms with Crippen LogP contribution in [-0.2, 0) is 0 Å². The molecule has 0 radical (unpaired) electrons. The van der Waals surface area contributed by atoms with Gasteiger partial charge < -0.3 is 9.80 Å². The third-order valence-corrected chi connectivity index (χ3v) is 9.34. The Labute approximate surface area is 284 Å². The molecule has 0 heterocycles. The lowest BCUT2D eigenvalue weighted by Crippen LogP contribution is -2.12. The van der Waals surface area contributed by atoms with E-state index in [0.29, 0.717) is 0 Å². The second-order valence-corrected chi connectivity index (χ2v) is 12.6. The Morgan fingerprint density at radius 2 is 0.688 bits per heavy atom. The Bertz CT molecular complexity index is 1970. The van der Waals surface area contributed by atoms with Crippen LogP contribution < -0.4 is 9.80 Å². The summed E-state index contributed by atoms with van der Waals surface area (Å²) in [5, 5.41) is 0. The molecule has 48 heavy (non-hydrogen) atoms. The van der Waals surface area contributed by atoms with E-state index in [0.717, 1.165) is 34.1 Å². The fourth-order valence-electron chi connectivity index (χ4n) is 7.42. The molecule has 2 heteroatoms. The number of aryl methyl sites for hydroxylation is 3. The zero-order chi connectivity index (χ0) is 32.6. The van der Waals surface area contributed by atoms with Gasteiger partial charge in [0.1, 0.15) is 0 Å². The zero-order valence-corrected chi connectivity index (χ0v) is 27.6. The molecule has 1 aliphatic rings. The summed E-state index contributed by atoms with van der Waals surface area (Å²) in [6.07, 6.45) is 0. The summed E-state index contributed by atoms with van der Waals surface area (Å²) in [6.45, 7) is 6.71. The first-order valence-corrected chi connectivity index (χ1v) is 16.6. The van der Waals surface area contributed by atoms with E-state index in [-0.39, 0.29) is 0 Å². The number of nitrogens with zero attached hydrogens (tertiary/aromatic N) is 2. The highest BCUT2D eigenvalue weighted by molar-refractivity contribution is 5.93. The monoisotopic (exact) mass is 617 g/mol. The average Bonchev–Trinajstić information content (AvgIpc) is 3.43. The fourth-order valence-corrected chi connectivity index (χ4v) is 7.42. The van der Waals surface area contributed by atoms with Gasteiger partial charge in [0.15, 0.2) is 0 Å². The van der Waals surface area contributed by atoms with Gasteiger partial charge in [0.25, 0.3) is 0 Å². The van der Waals surface area contributed by atoms with Crippen molar-refractivity contribution in [3.63, 3.8) is 0 Å². The molecule has 0 aromatic heterocycles. The molecule has 0 fully saturated rings. The van der Waals surface area contributed by atoms with Gasteiger partial charge in [-0.1, -0.05) is 72.8 Å². The number of fused-ring (bicyclic) bond motifs is 3. The number of benzene rings is 7. The van der Waals surface area contributed by atoms with Crippen molar-refractivity contribution in [2.75, 3.05) is 9.80 Å². The molecule has 0 aliphatic heterocycles. The van der Waals surface area contributed by atoms with Crippen LogP contribution in [0.1, 0.15) is 33.4 Å². The van der Waals surface area contributed by atoms with Gasteiger partial charge in [-0.2, -0.15) is 0 Å². The topological polar surface area (TPSA) is 6.48 Å². The van der Waals surface area contributed by atoms with Crippen molar-refractivity contribution in [2.45, 2.75) is 20.8 Å². The van der Waals surface area contributed by atoms with Crippen molar-refractivity contribution in [3.05, 3.63) is 209 Å². The van der Waals surface area contributed by atoms with Crippen molar-refractivity contribution in [2.24, 2.45) is 0 Å². The Morgan fingerprint density at radius 1 is 0.354 bits per heavy atom. The first-order valence-electron chi connectivity index (χ1n) is 16.6. The van der Waals surface area contributed by atoms with Crippen molar-refractivity contribution in [3.8, 4) is 11.1 Å². The maximum Gasteiger partial charge on any atom is 0.0716 e. The van der Waals surface area contributed by atoms with E-state index < -0.39 is 0 Å². The van der Waals surface area contributed by atoms with Crippen molar-refractivity contribution in [1.29, 1.82) is 0 Å². The summed E-state index contributed by atoms with van der Waals surface area (Å²) in [5.41, 5.74) is 17.0. The molecule has 0 N–H and O–H groups in total. The first-order chi connectivity index (χ1) is 23.6. The standard InChI is InChI=1S/C46H37N2/c1-32-28-33(2)45(34(3)29-32)46-43-30-39(47(35-16-8-4-9-17-35)36-18-10-5-11-19-36)24-26-41(43)42-27-25-40(31-44(42)46)48(37-20-12-6-13-21-37)38-22-14-7-15-23-38/h4-31H,1-3H3/q+1. The Hall–Kier alpha value is -5.99. The third-order valence-electron chi connectivity index (χ3n) is 9.34. The van der Waals surface area contributed by atoms with E-state index in [4.69, 9.17) is 0 Å². The third kappa shape index (κ3) is 5.22. The van der Waals surface area contributed by atoms with E-state index in [9.17, 15) is 0 Å². The minimum atomic E-state index is 1.13. The predicted molar refractivity (Wildman–Crippen MR) is 202 cm³/mol. The van der Waals surface area contributed by atoms with Crippen LogP contribution in [0.2, 0.25) is 0 Å². The van der Waals surface area contributed by atoms with Crippen molar-refractivity contribution in [1.82, 2.24) is 0 Å². The SMILES string of the molecule is Cc1cc(C)c([C+]2c3cc(N(c4ccccc4)c4ccccc4)ccc3-c3ccc(N(c4ccccc4)c4ccccc4)cc32)c(C)c1. The normalized spacial score (nSPS) is 11.6. The minimum Gasteiger partial charge on any atom is -0.306 e. The number of anilines is 6. The van der Waals surface area contributed by atoms with Gasteiger partial charge in [-0.3, -0.25) is 0 Å². The van der Waals surface area contributed by atoms with E-state index in [1.807, 2.05) is 0 Å². The maximum absolute atomic E-state index is 2.40. The highest BCUT2D eigenvalue weighted by Gasteiger charge is 2.39. The molecule has 0 bridgehead atoms. The smallest absolute Gasteiger partial charge is 0.0716 e. The summed E-state index contributed by atoms with van der Waals surface area (Å²) in [7, 11) is 0. The molecule has 7 aromatic rings. The molecule has 0 amide bonds. The van der Waals surface area contributed by atoms with Gasteiger partial charge in [0.05, 0.1) is 45.1 Å². The van der Waals surface area contributed by atoms with Gasteiger partial charge in [0, 0.05) is 46.0 Å². The van der Waals surface area contributed by atoms with E-state index in [1.54, 1.807) is 0 Å². The summed E-state index contributed by atoms with van der Waals surface area (Å²) in [5.74, 6) is 1.29. The lowest BCUT2D eigenvalue weighted by Gasteiger charge is -2.26. The van der Waals surface area contributed by atoms with E-state index in [2.05, 4.69) is 200 Å². The summed E-state index contributed by atoms with van der Waals surface area (Å²) < 4.78 is 0. The Kier molecular flexibility index (Phi) is 7.55. The van der Waals surface area contributed by atoms with Crippen LogP contribution in [0.15, 0.2) is 170 Å². The lowest BCUT2D eigenvalue weighted by molar-refractivity contribution is 1.17. The fraction of sp³-hybridized carbons (Fsp3) is 0.0652. The zero-order valence-electron chi connectivity index (χ0n) is 27.6. The predicted octanol–water partition coefficient (Wildman–Crippen LogP) is 12.6. The Balaban J connectivity index is 1.34. The molecular weight excluding hydrogens is 581 g/mol. The summed E-state index contributed by atoms with van der Waals surface area (Å²) in [4.78, 5) is 4.71. The van der Waals surface area contributed by atoms with Gasteiger partial charge in [0.2, 0.25) is 0 Å². The van der Waals surface area contributed by atoms with Crippen LogP contribution in [-0.4, -0.2) is 0 Å². The number of rotatable bonds is 7. The summed E-state index contributed by atoms with van der Waals surface area (Å²) >= 11 is 0. The van der Waals surface area contributed by atoms with Crippen LogP contribution in [0.4, 0.5) is 34.1 Å². The Morgan fingerprint density at radius 3 is 1.02 bits per heavy atom. The second kappa shape index (κ2) is 12.3. The largest absolute Gasteiger partial charge is 0.306 e. The molecule has 8 rings (SSSR count). The second-order valence-electron chi connectivity index (χ2n) is 12.6. The van der Waals surface area contributed by atoms with E-state index >= 15 is 0 Å².